The fourth-order valence-electron chi connectivity index (χ4n) is 2.72. The van der Waals surface area contributed by atoms with Crippen molar-refractivity contribution >= 4 is 40.7 Å². The highest BCUT2D eigenvalue weighted by molar-refractivity contribution is 6.30. The number of aromatic nitrogens is 2. The van der Waals surface area contributed by atoms with E-state index in [1.165, 1.54) is 0 Å². The Morgan fingerprint density at radius 3 is 2.34 bits per heavy atom. The van der Waals surface area contributed by atoms with Crippen molar-refractivity contribution in [2.24, 2.45) is 0 Å². The molecule has 29 heavy (non-hydrogen) atoms. The number of carbonyl (C=O) groups is 1. The molecule has 0 fully saturated rings. The first-order chi connectivity index (χ1) is 14.0. The predicted octanol–water partition coefficient (Wildman–Crippen LogP) is 4.59. The lowest BCUT2D eigenvalue weighted by Crippen LogP contribution is -2.30. The van der Waals surface area contributed by atoms with Crippen LogP contribution in [0.3, 0.4) is 0 Å². The van der Waals surface area contributed by atoms with E-state index in [1.807, 2.05) is 12.1 Å². The molecule has 3 rings (SSSR count). The van der Waals surface area contributed by atoms with E-state index in [1.54, 1.807) is 48.2 Å². The highest BCUT2D eigenvalue weighted by Crippen LogP contribution is 2.34. The van der Waals surface area contributed by atoms with Crippen LogP contribution in [0, 0.1) is 0 Å². The van der Waals surface area contributed by atoms with Crippen LogP contribution in [0.15, 0.2) is 48.5 Å². The first kappa shape index (κ1) is 21.0. The smallest absolute Gasteiger partial charge is 0.319 e. The summed E-state index contributed by atoms with van der Waals surface area (Å²) in [4.78, 5) is 12.4. The number of carbonyl (C=O) groups excluding carboxylic acids is 1. The van der Waals surface area contributed by atoms with Gasteiger partial charge in [0.1, 0.15) is 11.4 Å². The minimum absolute atomic E-state index is 0.296. The van der Waals surface area contributed by atoms with Crippen molar-refractivity contribution in [1.82, 2.24) is 15.1 Å². The van der Waals surface area contributed by atoms with Gasteiger partial charge in [-0.2, -0.15) is 5.10 Å². The molecular weight excluding hydrogens is 413 g/mol. The molecule has 0 radical (unpaired) electrons. The zero-order valence-electron chi connectivity index (χ0n) is 15.8. The molecule has 0 bridgehead atoms. The lowest BCUT2D eigenvalue weighted by atomic mass is 10.1. The summed E-state index contributed by atoms with van der Waals surface area (Å²) in [5.74, 6) is 0.296. The number of benzene rings is 2. The van der Waals surface area contributed by atoms with E-state index in [0.717, 1.165) is 11.3 Å². The molecule has 2 amide bonds. The van der Waals surface area contributed by atoms with Crippen molar-refractivity contribution < 1.29 is 9.53 Å². The highest BCUT2D eigenvalue weighted by atomic mass is 35.5. The first-order valence-electron chi connectivity index (χ1n) is 8.93. The third-order valence-corrected chi connectivity index (χ3v) is 4.66. The topological polar surface area (TPSA) is 94.2 Å². The molecule has 0 atom stereocenters. The van der Waals surface area contributed by atoms with Gasteiger partial charge < -0.3 is 21.1 Å². The standard InChI is InChI=1S/C20H21Cl2N5O2/c1-29-12-2-11-24-20(28)25-18-17(13-3-5-14(21)6-4-13)26-27(19(18)23)16-9-7-15(22)8-10-16/h3-10H,2,11-12,23H2,1H3,(H2,24,25,28). The van der Waals surface area contributed by atoms with Crippen LogP contribution in [-0.4, -0.2) is 36.1 Å². The number of halogens is 2. The van der Waals surface area contributed by atoms with E-state index < -0.39 is 0 Å². The minimum Gasteiger partial charge on any atom is -0.385 e. The Morgan fingerprint density at radius 2 is 1.72 bits per heavy atom. The van der Waals surface area contributed by atoms with E-state index in [-0.39, 0.29) is 6.03 Å². The Bertz CT molecular complexity index is 972. The third kappa shape index (κ3) is 5.20. The maximum Gasteiger partial charge on any atom is 0.319 e. The number of nitrogens with zero attached hydrogens (tertiary/aromatic N) is 2. The lowest BCUT2D eigenvalue weighted by molar-refractivity contribution is 0.194. The molecule has 0 aliphatic heterocycles. The van der Waals surface area contributed by atoms with Crippen molar-refractivity contribution in [2.45, 2.75) is 6.42 Å². The molecule has 2 aromatic carbocycles. The zero-order chi connectivity index (χ0) is 20.8. The monoisotopic (exact) mass is 433 g/mol. The van der Waals surface area contributed by atoms with Gasteiger partial charge in [-0.1, -0.05) is 35.3 Å². The zero-order valence-corrected chi connectivity index (χ0v) is 17.3. The fourth-order valence-corrected chi connectivity index (χ4v) is 2.97. The molecule has 0 saturated carbocycles. The van der Waals surface area contributed by atoms with Gasteiger partial charge >= 0.3 is 6.03 Å². The second-order valence-electron chi connectivity index (χ2n) is 6.23. The van der Waals surface area contributed by atoms with E-state index in [0.29, 0.717) is 46.8 Å². The van der Waals surface area contributed by atoms with Crippen molar-refractivity contribution in [1.29, 1.82) is 0 Å². The second kappa shape index (κ2) is 9.65. The van der Waals surface area contributed by atoms with Gasteiger partial charge in [0.25, 0.3) is 0 Å². The molecular formula is C20H21Cl2N5O2. The summed E-state index contributed by atoms with van der Waals surface area (Å²) in [6.45, 7) is 1.04. The Morgan fingerprint density at radius 1 is 1.10 bits per heavy atom. The summed E-state index contributed by atoms with van der Waals surface area (Å²) in [5.41, 5.74) is 8.77. The van der Waals surface area contributed by atoms with E-state index >= 15 is 0 Å². The minimum atomic E-state index is -0.376. The van der Waals surface area contributed by atoms with Crippen LogP contribution in [-0.2, 0) is 4.74 Å². The van der Waals surface area contributed by atoms with Gasteiger partial charge in [-0.05, 0) is 42.8 Å². The van der Waals surface area contributed by atoms with Gasteiger partial charge in [0.05, 0.1) is 5.69 Å². The fraction of sp³-hybridized carbons (Fsp3) is 0.200. The number of ether oxygens (including phenoxy) is 1. The third-order valence-electron chi connectivity index (χ3n) is 4.16. The molecule has 3 aromatic rings. The van der Waals surface area contributed by atoms with Crippen LogP contribution >= 0.6 is 23.2 Å². The van der Waals surface area contributed by atoms with Gasteiger partial charge in [-0.15, -0.1) is 0 Å². The number of hydrogen-bond acceptors (Lipinski definition) is 4. The maximum atomic E-state index is 12.4. The summed E-state index contributed by atoms with van der Waals surface area (Å²) in [6, 6.07) is 13.9. The summed E-state index contributed by atoms with van der Waals surface area (Å²) in [5, 5.41) is 11.4. The van der Waals surface area contributed by atoms with Gasteiger partial charge in [0.15, 0.2) is 5.82 Å². The van der Waals surface area contributed by atoms with Crippen molar-refractivity contribution in [3.8, 4) is 16.9 Å². The van der Waals surface area contributed by atoms with Crippen molar-refractivity contribution in [3.05, 3.63) is 58.6 Å². The molecule has 0 unspecified atom stereocenters. The molecule has 7 nitrogen and oxygen atoms in total. The number of rotatable bonds is 7. The van der Waals surface area contributed by atoms with Crippen LogP contribution in [0.1, 0.15) is 6.42 Å². The maximum absolute atomic E-state index is 12.4. The first-order valence-corrected chi connectivity index (χ1v) is 9.69. The van der Waals surface area contributed by atoms with Crippen LogP contribution in [0.5, 0.6) is 0 Å². The summed E-state index contributed by atoms with van der Waals surface area (Å²) in [7, 11) is 1.62. The van der Waals surface area contributed by atoms with Crippen LogP contribution in [0.25, 0.3) is 16.9 Å². The second-order valence-corrected chi connectivity index (χ2v) is 7.10. The number of nitrogen functional groups attached to an aromatic ring is 1. The number of nitrogens with two attached hydrogens (primary N) is 1. The largest absolute Gasteiger partial charge is 0.385 e. The normalized spacial score (nSPS) is 10.7. The predicted molar refractivity (Wildman–Crippen MR) is 117 cm³/mol. The number of nitrogens with one attached hydrogen (secondary N) is 2. The SMILES string of the molecule is COCCCNC(=O)Nc1c(-c2ccc(Cl)cc2)nn(-c2ccc(Cl)cc2)c1N. The highest BCUT2D eigenvalue weighted by Gasteiger charge is 2.20. The molecule has 152 valence electrons. The molecule has 0 aliphatic rings. The Kier molecular flexibility index (Phi) is 6.98. The van der Waals surface area contributed by atoms with Crippen molar-refractivity contribution in [3.63, 3.8) is 0 Å². The lowest BCUT2D eigenvalue weighted by Gasteiger charge is -2.09. The van der Waals surface area contributed by atoms with Gasteiger partial charge in [0, 0.05) is 35.9 Å². The summed E-state index contributed by atoms with van der Waals surface area (Å²) < 4.78 is 6.54. The quantitative estimate of drug-likeness (QED) is 0.475. The molecule has 0 aliphatic carbocycles. The van der Waals surface area contributed by atoms with E-state index in [4.69, 9.17) is 33.7 Å². The number of urea groups is 1. The van der Waals surface area contributed by atoms with Gasteiger partial charge in [0.2, 0.25) is 0 Å². The molecule has 9 heteroatoms. The van der Waals surface area contributed by atoms with Gasteiger partial charge in [-0.25, -0.2) is 9.48 Å². The number of hydrogen-bond donors (Lipinski definition) is 3. The summed E-state index contributed by atoms with van der Waals surface area (Å²) >= 11 is 12.0. The van der Waals surface area contributed by atoms with Crippen LogP contribution in [0.4, 0.5) is 16.3 Å². The molecule has 0 saturated heterocycles. The van der Waals surface area contributed by atoms with E-state index in [2.05, 4.69) is 15.7 Å². The van der Waals surface area contributed by atoms with Crippen LogP contribution in [0.2, 0.25) is 10.0 Å². The molecule has 1 aromatic heterocycles. The molecule has 1 heterocycles. The average molecular weight is 434 g/mol. The van der Waals surface area contributed by atoms with E-state index in [9.17, 15) is 4.79 Å². The molecule has 0 spiro atoms. The Hall–Kier alpha value is -2.74. The van der Waals surface area contributed by atoms with Crippen molar-refractivity contribution in [2.75, 3.05) is 31.3 Å². The number of amides is 2. The number of methoxy groups -OCH3 is 1. The number of anilines is 2. The molecule has 4 N–H and O–H groups in total. The Balaban J connectivity index is 1.94. The summed E-state index contributed by atoms with van der Waals surface area (Å²) in [6.07, 6.45) is 0.702. The van der Waals surface area contributed by atoms with Crippen LogP contribution < -0.4 is 16.4 Å². The Labute approximate surface area is 178 Å². The van der Waals surface area contributed by atoms with Gasteiger partial charge in [-0.3, -0.25) is 0 Å². The average Bonchev–Trinajstić information content (AvgIpc) is 3.03.